The molecule has 2 aromatic rings. The smallest absolute Gasteiger partial charge is 0.427 e. The Labute approximate surface area is 217 Å². The number of rotatable bonds is 7. The van der Waals surface area contributed by atoms with Crippen LogP contribution in [0.4, 0.5) is 29.3 Å². The van der Waals surface area contributed by atoms with E-state index in [0.29, 0.717) is 13.8 Å². The molecule has 1 aromatic heterocycles. The summed E-state index contributed by atoms with van der Waals surface area (Å²) in [5, 5.41) is 8.83. The summed E-state index contributed by atoms with van der Waals surface area (Å²) in [7, 11) is -1.54. The maximum absolute atomic E-state index is 13.9. The van der Waals surface area contributed by atoms with Crippen LogP contribution in [0.15, 0.2) is 23.1 Å². The number of carbonyl (C=O) groups is 2. The van der Waals surface area contributed by atoms with Crippen LogP contribution in [-0.2, 0) is 26.6 Å². The molecule has 38 heavy (non-hydrogen) atoms. The Kier molecular flexibility index (Phi) is 7.77. The number of nitrogens with zero attached hydrogens (tertiary/aromatic N) is 3. The molecule has 1 aromatic carbocycles. The van der Waals surface area contributed by atoms with E-state index in [1.165, 1.54) is 43.8 Å². The molecule has 0 fully saturated rings. The maximum atomic E-state index is 13.9. The second-order valence-electron chi connectivity index (χ2n) is 8.97. The van der Waals surface area contributed by atoms with E-state index < -0.39 is 34.0 Å². The van der Waals surface area contributed by atoms with E-state index in [9.17, 15) is 31.2 Å². The normalized spacial score (nSPS) is 15.8. The molecule has 210 valence electrons. The topological polar surface area (TPSA) is 141 Å². The van der Waals surface area contributed by atoms with Crippen LogP contribution in [0.1, 0.15) is 26.5 Å². The van der Waals surface area contributed by atoms with Crippen molar-refractivity contribution in [3.8, 4) is 11.6 Å². The summed E-state index contributed by atoms with van der Waals surface area (Å²) in [4.78, 5) is 23.4. The molecule has 0 saturated carbocycles. The van der Waals surface area contributed by atoms with Crippen molar-refractivity contribution in [3.63, 3.8) is 0 Å². The van der Waals surface area contributed by atoms with Gasteiger partial charge in [-0.3, -0.25) is 19.1 Å². The van der Waals surface area contributed by atoms with E-state index in [4.69, 9.17) is 9.47 Å². The standard InChI is InChI=1S/C22H28F3N5O7S/c1-12-18(19(35-6)28-29(12)5)38(33,34)30-11-15(10-26-13(2)31)36-17-8-7-14(9-16(17)30)27-20(32)37-21(3,4)22(23,24)25/h7-9,15H,10-11H2,1-6H3,(H,26,31)(H,27,32)/t15-/m0/s1. The van der Waals surface area contributed by atoms with Crippen LogP contribution >= 0.6 is 0 Å². The lowest BCUT2D eigenvalue weighted by atomic mass is 10.1. The number of sulfonamides is 1. The first-order chi connectivity index (χ1) is 17.5. The number of benzene rings is 1. The number of aromatic nitrogens is 2. The number of hydrogen-bond donors (Lipinski definition) is 2. The Bertz CT molecular complexity index is 1340. The summed E-state index contributed by atoms with van der Waals surface area (Å²) in [5.41, 5.74) is -2.55. The van der Waals surface area contributed by atoms with Gasteiger partial charge >= 0.3 is 12.3 Å². The number of halogens is 3. The summed E-state index contributed by atoms with van der Waals surface area (Å²) < 4.78 is 85.0. The molecule has 1 aliphatic rings. The molecule has 3 rings (SSSR count). The molecule has 0 saturated heterocycles. The lowest BCUT2D eigenvalue weighted by Gasteiger charge is -2.35. The number of ether oxygens (including phenoxy) is 3. The van der Waals surface area contributed by atoms with Crippen LogP contribution < -0.4 is 24.4 Å². The van der Waals surface area contributed by atoms with Gasteiger partial charge in [-0.1, -0.05) is 0 Å². The van der Waals surface area contributed by atoms with Crippen LogP contribution in [-0.4, -0.2) is 68.3 Å². The zero-order valence-electron chi connectivity index (χ0n) is 21.5. The number of alkyl halides is 3. The molecule has 1 atom stereocenters. The van der Waals surface area contributed by atoms with E-state index in [-0.39, 0.29) is 52.6 Å². The van der Waals surface area contributed by atoms with Crippen LogP contribution in [0.5, 0.6) is 11.6 Å². The highest BCUT2D eigenvalue weighted by Gasteiger charge is 2.51. The fraction of sp³-hybridized carbons (Fsp3) is 0.500. The van der Waals surface area contributed by atoms with Gasteiger partial charge in [-0.2, -0.15) is 13.2 Å². The molecule has 0 unspecified atom stereocenters. The number of fused-ring (bicyclic) bond motifs is 1. The van der Waals surface area contributed by atoms with Crippen LogP contribution in [0.25, 0.3) is 0 Å². The molecule has 0 radical (unpaired) electrons. The highest BCUT2D eigenvalue weighted by molar-refractivity contribution is 7.93. The second-order valence-corrected chi connectivity index (χ2v) is 10.8. The Balaban J connectivity index is 2.02. The summed E-state index contributed by atoms with van der Waals surface area (Å²) in [6.45, 7) is 3.97. The van der Waals surface area contributed by atoms with Gasteiger partial charge in [0.15, 0.2) is 4.90 Å². The molecule has 0 bridgehead atoms. The number of aryl methyl sites for hydroxylation is 1. The molecule has 2 heterocycles. The number of amides is 2. The zero-order valence-corrected chi connectivity index (χ0v) is 22.3. The molecule has 16 heteroatoms. The fourth-order valence-electron chi connectivity index (χ4n) is 3.51. The van der Waals surface area contributed by atoms with Crippen LogP contribution in [0, 0.1) is 6.92 Å². The average Bonchev–Trinajstić information content (AvgIpc) is 3.10. The predicted molar refractivity (Wildman–Crippen MR) is 129 cm³/mol. The summed E-state index contributed by atoms with van der Waals surface area (Å²) in [6.07, 6.45) is -7.00. The van der Waals surface area contributed by atoms with Gasteiger partial charge in [0.1, 0.15) is 11.9 Å². The fourth-order valence-corrected chi connectivity index (χ4v) is 5.35. The van der Waals surface area contributed by atoms with Crippen molar-refractivity contribution in [3.05, 3.63) is 23.9 Å². The van der Waals surface area contributed by atoms with Gasteiger partial charge in [-0.15, -0.1) is 5.10 Å². The van der Waals surface area contributed by atoms with Crippen molar-refractivity contribution in [2.45, 2.75) is 50.5 Å². The van der Waals surface area contributed by atoms with Crippen molar-refractivity contribution in [1.29, 1.82) is 0 Å². The molecular formula is C22H28F3N5O7S. The van der Waals surface area contributed by atoms with Gasteiger partial charge < -0.3 is 19.5 Å². The third-order valence-corrected chi connectivity index (χ3v) is 7.65. The highest BCUT2D eigenvalue weighted by Crippen LogP contribution is 2.41. The lowest BCUT2D eigenvalue weighted by molar-refractivity contribution is -0.242. The van der Waals surface area contributed by atoms with Gasteiger partial charge in [-0.25, -0.2) is 13.2 Å². The van der Waals surface area contributed by atoms with Crippen molar-refractivity contribution >= 4 is 33.4 Å². The molecule has 12 nitrogen and oxygen atoms in total. The number of hydrogen-bond acceptors (Lipinski definition) is 8. The second kappa shape index (κ2) is 10.2. The lowest BCUT2D eigenvalue weighted by Crippen LogP contribution is -2.48. The van der Waals surface area contributed by atoms with E-state index in [0.717, 1.165) is 4.31 Å². The summed E-state index contributed by atoms with van der Waals surface area (Å²) in [6, 6.07) is 3.87. The van der Waals surface area contributed by atoms with E-state index in [2.05, 4.69) is 20.5 Å². The average molecular weight is 564 g/mol. The molecule has 0 aliphatic carbocycles. The van der Waals surface area contributed by atoms with Crippen LogP contribution in [0.3, 0.4) is 0 Å². The number of carbonyl (C=O) groups excluding carboxylic acids is 2. The largest absolute Gasteiger partial charge is 0.484 e. The van der Waals surface area contributed by atoms with Crippen molar-refractivity contribution in [2.24, 2.45) is 7.05 Å². The monoisotopic (exact) mass is 563 g/mol. The number of anilines is 2. The SMILES string of the molecule is COc1nn(C)c(C)c1S(=O)(=O)N1C[C@H](CNC(C)=O)Oc2ccc(NC(=O)OC(C)(C)C(F)(F)F)cc21. The summed E-state index contributed by atoms with van der Waals surface area (Å²) in [5.74, 6) is -0.410. The van der Waals surface area contributed by atoms with Gasteiger partial charge in [0.25, 0.3) is 15.9 Å². The number of methoxy groups -OCH3 is 1. The Morgan fingerprint density at radius 3 is 2.50 bits per heavy atom. The molecular weight excluding hydrogens is 535 g/mol. The van der Waals surface area contributed by atoms with E-state index in [1.807, 2.05) is 0 Å². The van der Waals surface area contributed by atoms with Crippen molar-refractivity contribution in [1.82, 2.24) is 15.1 Å². The quantitative estimate of drug-likeness (QED) is 0.524. The Morgan fingerprint density at radius 2 is 1.92 bits per heavy atom. The minimum Gasteiger partial charge on any atom is -0.484 e. The molecule has 2 N–H and O–H groups in total. The minimum absolute atomic E-state index is 0.0111. The summed E-state index contributed by atoms with van der Waals surface area (Å²) >= 11 is 0. The van der Waals surface area contributed by atoms with Crippen molar-refractivity contribution < 1.29 is 45.4 Å². The van der Waals surface area contributed by atoms with E-state index in [1.54, 1.807) is 7.05 Å². The first-order valence-electron chi connectivity index (χ1n) is 11.2. The van der Waals surface area contributed by atoms with Gasteiger partial charge in [0, 0.05) is 19.7 Å². The third kappa shape index (κ3) is 5.74. The molecule has 1 aliphatic heterocycles. The van der Waals surface area contributed by atoms with Gasteiger partial charge in [0.05, 0.1) is 31.6 Å². The predicted octanol–water partition coefficient (Wildman–Crippen LogP) is 2.72. The van der Waals surface area contributed by atoms with E-state index >= 15 is 0 Å². The van der Waals surface area contributed by atoms with Gasteiger partial charge in [0.2, 0.25) is 11.5 Å². The maximum Gasteiger partial charge on any atom is 0.427 e. The van der Waals surface area contributed by atoms with Gasteiger partial charge in [-0.05, 0) is 39.0 Å². The highest BCUT2D eigenvalue weighted by atomic mass is 32.2. The third-order valence-electron chi connectivity index (χ3n) is 5.74. The number of nitrogens with one attached hydrogen (secondary N) is 2. The molecule has 2 amide bonds. The zero-order chi connectivity index (χ0) is 28.6. The van der Waals surface area contributed by atoms with Crippen LogP contribution in [0.2, 0.25) is 0 Å². The first kappa shape index (κ1) is 28.9. The van der Waals surface area contributed by atoms with Crippen molar-refractivity contribution in [2.75, 3.05) is 29.8 Å². The minimum atomic E-state index is -4.82. The first-order valence-corrected chi connectivity index (χ1v) is 12.6. The molecule has 0 spiro atoms. The Morgan fingerprint density at radius 1 is 1.26 bits per heavy atom. The Hall–Kier alpha value is -3.69.